The van der Waals surface area contributed by atoms with Crippen molar-refractivity contribution < 1.29 is 15.0 Å². The second-order valence-corrected chi connectivity index (χ2v) is 6.29. The first-order chi connectivity index (χ1) is 12.0. The number of carbonyl (C=O) groups is 1. The molecule has 134 valence electrons. The molecule has 1 aromatic carbocycles. The Morgan fingerprint density at radius 2 is 1.84 bits per heavy atom. The molecule has 8 heteroatoms. The van der Waals surface area contributed by atoms with Gasteiger partial charge < -0.3 is 15.1 Å². The van der Waals surface area contributed by atoms with Crippen LogP contribution in [0.15, 0.2) is 18.2 Å². The minimum Gasteiger partial charge on any atom is -0.476 e. The average Bonchev–Trinajstić information content (AvgIpc) is 3.04. The molecule has 0 atom stereocenters. The van der Waals surface area contributed by atoms with Crippen molar-refractivity contribution >= 4 is 11.8 Å². The summed E-state index contributed by atoms with van der Waals surface area (Å²) in [5.41, 5.74) is 2.98. The average molecular weight is 345 g/mol. The van der Waals surface area contributed by atoms with E-state index in [1.165, 1.54) is 4.80 Å². The van der Waals surface area contributed by atoms with Crippen LogP contribution in [0.25, 0.3) is 5.69 Å². The van der Waals surface area contributed by atoms with Crippen LogP contribution in [0.5, 0.6) is 0 Å². The monoisotopic (exact) mass is 345 g/mol. The highest BCUT2D eigenvalue weighted by molar-refractivity contribution is 5.91. The molecule has 2 N–H and O–H groups in total. The van der Waals surface area contributed by atoms with Crippen LogP contribution in [-0.2, 0) is 0 Å². The summed E-state index contributed by atoms with van der Waals surface area (Å²) in [6, 6.07) is 5.81. The first-order valence-electron chi connectivity index (χ1n) is 8.36. The molecule has 0 aliphatic carbocycles. The lowest BCUT2D eigenvalue weighted by Crippen LogP contribution is -2.47. The van der Waals surface area contributed by atoms with E-state index in [1.807, 2.05) is 36.9 Å². The number of anilines is 1. The summed E-state index contributed by atoms with van der Waals surface area (Å²) < 4.78 is 0. The Kier molecular flexibility index (Phi) is 5.00. The van der Waals surface area contributed by atoms with E-state index in [0.29, 0.717) is 25.5 Å². The second-order valence-electron chi connectivity index (χ2n) is 6.29. The van der Waals surface area contributed by atoms with E-state index in [-0.39, 0.29) is 12.3 Å². The van der Waals surface area contributed by atoms with Crippen molar-refractivity contribution in [2.24, 2.45) is 0 Å². The van der Waals surface area contributed by atoms with Gasteiger partial charge in [-0.15, -0.1) is 15.0 Å². The Labute approximate surface area is 146 Å². The van der Waals surface area contributed by atoms with Crippen LogP contribution in [0.3, 0.4) is 0 Å². The lowest BCUT2D eigenvalue weighted by Gasteiger charge is -2.34. The van der Waals surface area contributed by atoms with E-state index in [1.54, 1.807) is 0 Å². The number of nitrogens with zero attached hydrogens (tertiary/aromatic N) is 5. The minimum atomic E-state index is -1.08. The van der Waals surface area contributed by atoms with Crippen LogP contribution >= 0.6 is 0 Å². The van der Waals surface area contributed by atoms with Gasteiger partial charge in [0.05, 0.1) is 12.3 Å². The predicted molar refractivity (Wildman–Crippen MR) is 93.5 cm³/mol. The summed E-state index contributed by atoms with van der Waals surface area (Å²) in [4.78, 5) is 17.1. The highest BCUT2D eigenvalue weighted by Crippen LogP contribution is 2.21. The lowest BCUT2D eigenvalue weighted by molar-refractivity contribution is 0.0690. The van der Waals surface area contributed by atoms with E-state index in [9.17, 15) is 9.90 Å². The van der Waals surface area contributed by atoms with E-state index in [4.69, 9.17) is 5.11 Å². The first kappa shape index (κ1) is 17.4. The van der Waals surface area contributed by atoms with Gasteiger partial charge in [-0.2, -0.15) is 0 Å². The third kappa shape index (κ3) is 3.64. The zero-order chi connectivity index (χ0) is 18.0. The van der Waals surface area contributed by atoms with Crippen molar-refractivity contribution in [1.29, 1.82) is 0 Å². The quantitative estimate of drug-likeness (QED) is 0.823. The minimum absolute atomic E-state index is 0.0335. The lowest BCUT2D eigenvalue weighted by atomic mass is 10.1. The number of carboxylic acids is 1. The van der Waals surface area contributed by atoms with Gasteiger partial charge in [-0.05, 0) is 37.1 Å². The highest BCUT2D eigenvalue weighted by Gasteiger charge is 2.26. The molecule has 0 saturated carbocycles. The summed E-state index contributed by atoms with van der Waals surface area (Å²) in [6.07, 6.45) is 0. The second kappa shape index (κ2) is 7.20. The molecule has 0 unspecified atom stereocenters. The van der Waals surface area contributed by atoms with Crippen LogP contribution < -0.4 is 4.90 Å². The molecule has 1 fully saturated rings. The van der Waals surface area contributed by atoms with Gasteiger partial charge in [-0.1, -0.05) is 6.07 Å². The Hall–Kier alpha value is -2.45. The Morgan fingerprint density at radius 1 is 1.12 bits per heavy atom. The summed E-state index contributed by atoms with van der Waals surface area (Å²) in [7, 11) is 0. The molecule has 1 aliphatic heterocycles. The largest absolute Gasteiger partial charge is 0.476 e. The predicted octanol–water partition coefficient (Wildman–Crippen LogP) is 0.697. The number of hydrogen-bond donors (Lipinski definition) is 2. The van der Waals surface area contributed by atoms with Crippen molar-refractivity contribution in [2.75, 3.05) is 44.2 Å². The van der Waals surface area contributed by atoms with Gasteiger partial charge in [0.2, 0.25) is 5.69 Å². The van der Waals surface area contributed by atoms with Gasteiger partial charge in [0, 0.05) is 32.7 Å². The van der Waals surface area contributed by atoms with E-state index in [2.05, 4.69) is 15.1 Å². The topological polar surface area (TPSA) is 94.7 Å². The van der Waals surface area contributed by atoms with E-state index in [0.717, 1.165) is 29.9 Å². The maximum Gasteiger partial charge on any atom is 0.360 e. The van der Waals surface area contributed by atoms with Gasteiger partial charge in [0.25, 0.3) is 0 Å². The molecule has 0 radical (unpaired) electrons. The maximum absolute atomic E-state index is 11.6. The van der Waals surface area contributed by atoms with Crippen LogP contribution in [0, 0.1) is 13.8 Å². The van der Waals surface area contributed by atoms with Crippen LogP contribution in [0.4, 0.5) is 5.82 Å². The summed E-state index contributed by atoms with van der Waals surface area (Å²) in [5.74, 6) is -0.683. The summed E-state index contributed by atoms with van der Waals surface area (Å²) in [5, 5.41) is 27.2. The van der Waals surface area contributed by atoms with Gasteiger partial charge in [-0.25, -0.2) is 4.79 Å². The third-order valence-electron chi connectivity index (χ3n) is 4.61. The SMILES string of the molecule is Cc1ccc(-n2nc(C(=O)O)c(N3CCN(CCO)CC3)n2)cc1C. The molecule has 25 heavy (non-hydrogen) atoms. The maximum atomic E-state index is 11.6. The smallest absolute Gasteiger partial charge is 0.360 e. The number of aryl methyl sites for hydroxylation is 2. The number of aromatic carboxylic acids is 1. The fourth-order valence-corrected chi connectivity index (χ4v) is 2.94. The Balaban J connectivity index is 1.88. The fourth-order valence-electron chi connectivity index (χ4n) is 2.94. The van der Waals surface area contributed by atoms with Crippen molar-refractivity contribution in [3.8, 4) is 5.69 Å². The number of hydrogen-bond acceptors (Lipinski definition) is 6. The van der Waals surface area contributed by atoms with Crippen LogP contribution in [0.2, 0.25) is 0 Å². The molecule has 3 rings (SSSR count). The molecule has 2 aromatic rings. The van der Waals surface area contributed by atoms with Crippen LogP contribution in [0.1, 0.15) is 21.6 Å². The molecule has 0 amide bonds. The molecular formula is C17H23N5O3. The normalized spacial score (nSPS) is 15.6. The number of rotatable bonds is 5. The standard InChI is InChI=1S/C17H23N5O3/c1-12-3-4-14(11-13(12)2)22-18-15(17(24)25)16(19-22)21-7-5-20(6-8-21)9-10-23/h3-4,11,23H,5-10H2,1-2H3,(H,24,25). The van der Waals surface area contributed by atoms with E-state index < -0.39 is 5.97 Å². The number of benzene rings is 1. The molecule has 1 aromatic heterocycles. The van der Waals surface area contributed by atoms with Crippen molar-refractivity contribution in [1.82, 2.24) is 19.9 Å². The van der Waals surface area contributed by atoms with E-state index >= 15 is 0 Å². The Bertz CT molecular complexity index is 766. The van der Waals surface area contributed by atoms with Crippen molar-refractivity contribution in [3.05, 3.63) is 35.0 Å². The fraction of sp³-hybridized carbons (Fsp3) is 0.471. The third-order valence-corrected chi connectivity index (χ3v) is 4.61. The van der Waals surface area contributed by atoms with Gasteiger partial charge in [-0.3, -0.25) is 4.90 Å². The molecule has 1 aliphatic rings. The zero-order valence-electron chi connectivity index (χ0n) is 14.5. The molecule has 2 heterocycles. The molecule has 0 spiro atoms. The molecule has 8 nitrogen and oxygen atoms in total. The Morgan fingerprint density at radius 3 is 2.44 bits per heavy atom. The number of aliphatic hydroxyl groups excluding tert-OH is 1. The number of carboxylic acid groups (broad SMARTS) is 1. The summed E-state index contributed by atoms with van der Waals surface area (Å²) in [6.45, 7) is 7.62. The number of aromatic nitrogens is 3. The summed E-state index contributed by atoms with van der Waals surface area (Å²) >= 11 is 0. The van der Waals surface area contributed by atoms with Gasteiger partial charge in [0.1, 0.15) is 0 Å². The molecule has 1 saturated heterocycles. The first-order valence-corrected chi connectivity index (χ1v) is 8.36. The number of piperazine rings is 1. The zero-order valence-corrected chi connectivity index (χ0v) is 14.5. The highest BCUT2D eigenvalue weighted by atomic mass is 16.4. The van der Waals surface area contributed by atoms with Crippen molar-refractivity contribution in [2.45, 2.75) is 13.8 Å². The molecule has 0 bridgehead atoms. The van der Waals surface area contributed by atoms with Crippen molar-refractivity contribution in [3.63, 3.8) is 0 Å². The molecular weight excluding hydrogens is 322 g/mol. The van der Waals surface area contributed by atoms with Crippen LogP contribution in [-0.4, -0.2) is 75.4 Å². The number of aliphatic hydroxyl groups is 1. The van der Waals surface area contributed by atoms with Gasteiger partial charge >= 0.3 is 5.97 Å². The van der Waals surface area contributed by atoms with Gasteiger partial charge in [0.15, 0.2) is 5.82 Å². The number of β-amino-alcohol motifs (C(OH)–C–C–N with tert-alkyl or cyclic N) is 1.